The van der Waals surface area contributed by atoms with Gasteiger partial charge in [0.1, 0.15) is 5.75 Å². The molecule has 0 spiro atoms. The molecule has 0 saturated heterocycles. The van der Waals surface area contributed by atoms with Crippen LogP contribution in [-0.4, -0.2) is 5.11 Å². The Hall–Kier alpha value is -1.53. The number of phenols is 1. The third kappa shape index (κ3) is 2.90. The first-order valence-corrected chi connectivity index (χ1v) is 6.85. The zero-order valence-electron chi connectivity index (χ0n) is 11.6. The van der Waals surface area contributed by atoms with Gasteiger partial charge in [0.15, 0.2) is 0 Å². The van der Waals surface area contributed by atoms with Crippen LogP contribution >= 0.6 is 9.24 Å². The van der Waals surface area contributed by atoms with Crippen LogP contribution in [-0.2, 0) is 5.41 Å². The summed E-state index contributed by atoms with van der Waals surface area (Å²) in [5.41, 5.74) is 9.49. The molecule has 1 unspecified atom stereocenters. The van der Waals surface area contributed by atoms with Gasteiger partial charge < -0.3 is 10.8 Å². The fraction of sp³-hybridized carbons (Fsp3) is 0.250. The molecule has 0 radical (unpaired) electrons. The quantitative estimate of drug-likeness (QED) is 0.475. The van der Waals surface area contributed by atoms with Crippen molar-refractivity contribution in [1.29, 1.82) is 0 Å². The number of rotatable bonds is 1. The molecule has 3 heteroatoms. The maximum atomic E-state index is 9.85. The van der Waals surface area contributed by atoms with Crippen LogP contribution in [0.2, 0.25) is 0 Å². The third-order valence-electron chi connectivity index (χ3n) is 3.20. The van der Waals surface area contributed by atoms with Crippen LogP contribution < -0.4 is 11.0 Å². The molecule has 0 amide bonds. The second-order valence-electron chi connectivity index (χ2n) is 5.83. The summed E-state index contributed by atoms with van der Waals surface area (Å²) in [5.74, 6) is 0.149. The Bertz CT molecular complexity index is 597. The van der Waals surface area contributed by atoms with Gasteiger partial charge in [0.25, 0.3) is 0 Å². The molecule has 0 fully saturated rings. The second kappa shape index (κ2) is 4.86. The highest BCUT2D eigenvalue weighted by Gasteiger charge is 2.20. The summed E-state index contributed by atoms with van der Waals surface area (Å²) in [6, 6.07) is 11.9. The zero-order chi connectivity index (χ0) is 14.2. The van der Waals surface area contributed by atoms with E-state index in [0.29, 0.717) is 5.69 Å². The van der Waals surface area contributed by atoms with Crippen LogP contribution in [0.3, 0.4) is 0 Å². The predicted molar refractivity (Wildman–Crippen MR) is 86.0 cm³/mol. The third-order valence-corrected chi connectivity index (χ3v) is 3.58. The lowest BCUT2D eigenvalue weighted by molar-refractivity contribution is 0.474. The number of phenolic OH excluding ortho intramolecular Hbond substituents is 1. The van der Waals surface area contributed by atoms with E-state index in [1.54, 1.807) is 6.07 Å². The number of aromatic hydroxyl groups is 1. The topological polar surface area (TPSA) is 46.2 Å². The fourth-order valence-corrected chi connectivity index (χ4v) is 2.32. The van der Waals surface area contributed by atoms with E-state index in [4.69, 9.17) is 5.73 Å². The SMILES string of the molecule is CC(C)(C)c1cc(O)c(N)cc1-c1ccc(P)cc1. The summed E-state index contributed by atoms with van der Waals surface area (Å²) in [6.07, 6.45) is 0. The molecular weight excluding hydrogens is 253 g/mol. The van der Waals surface area contributed by atoms with Gasteiger partial charge in [0.2, 0.25) is 0 Å². The molecule has 0 aliphatic rings. The van der Waals surface area contributed by atoms with E-state index in [1.807, 2.05) is 6.07 Å². The first-order valence-electron chi connectivity index (χ1n) is 6.28. The van der Waals surface area contributed by atoms with Gasteiger partial charge in [-0.2, -0.15) is 0 Å². The Labute approximate surface area is 116 Å². The Morgan fingerprint density at radius 2 is 1.63 bits per heavy atom. The number of nitrogen functional groups attached to an aromatic ring is 1. The van der Waals surface area contributed by atoms with Crippen molar-refractivity contribution < 1.29 is 5.11 Å². The Balaban J connectivity index is 2.67. The molecule has 2 rings (SSSR count). The van der Waals surface area contributed by atoms with Gasteiger partial charge in [0, 0.05) is 0 Å². The minimum absolute atomic E-state index is 0.0554. The van der Waals surface area contributed by atoms with E-state index in [-0.39, 0.29) is 11.2 Å². The van der Waals surface area contributed by atoms with Gasteiger partial charge in [-0.1, -0.05) is 45.0 Å². The van der Waals surface area contributed by atoms with Gasteiger partial charge in [-0.25, -0.2) is 0 Å². The van der Waals surface area contributed by atoms with Crippen LogP contribution in [0.25, 0.3) is 11.1 Å². The van der Waals surface area contributed by atoms with Gasteiger partial charge in [0.05, 0.1) is 5.69 Å². The predicted octanol–water partition coefficient (Wildman–Crippen LogP) is 3.44. The number of benzene rings is 2. The number of hydrogen-bond donors (Lipinski definition) is 2. The summed E-state index contributed by atoms with van der Waals surface area (Å²) in [5, 5.41) is 11.0. The van der Waals surface area contributed by atoms with E-state index in [2.05, 4.69) is 54.3 Å². The van der Waals surface area contributed by atoms with Crippen molar-refractivity contribution in [2.24, 2.45) is 0 Å². The Kier molecular flexibility index (Phi) is 3.56. The molecule has 2 nitrogen and oxygen atoms in total. The number of hydrogen-bond acceptors (Lipinski definition) is 2. The fourth-order valence-electron chi connectivity index (χ4n) is 2.13. The van der Waals surface area contributed by atoms with Gasteiger partial charge in [-0.05, 0) is 39.5 Å². The summed E-state index contributed by atoms with van der Waals surface area (Å²) in [4.78, 5) is 0. The van der Waals surface area contributed by atoms with Crippen LogP contribution in [0.4, 0.5) is 5.69 Å². The van der Waals surface area contributed by atoms with E-state index >= 15 is 0 Å². The first-order chi connectivity index (χ1) is 8.79. The molecule has 0 aromatic heterocycles. The molecular formula is C16H20NOP. The van der Waals surface area contributed by atoms with Crippen molar-refractivity contribution in [2.75, 3.05) is 5.73 Å². The second-order valence-corrected chi connectivity index (χ2v) is 6.50. The molecule has 2 aromatic carbocycles. The summed E-state index contributed by atoms with van der Waals surface area (Å²) in [7, 11) is 2.68. The minimum atomic E-state index is -0.0554. The summed E-state index contributed by atoms with van der Waals surface area (Å²) < 4.78 is 0. The largest absolute Gasteiger partial charge is 0.506 e. The van der Waals surface area contributed by atoms with Crippen LogP contribution in [0.1, 0.15) is 26.3 Å². The zero-order valence-corrected chi connectivity index (χ0v) is 12.7. The highest BCUT2D eigenvalue weighted by Crippen LogP contribution is 2.38. The van der Waals surface area contributed by atoms with E-state index in [0.717, 1.165) is 22.0 Å². The number of nitrogens with two attached hydrogens (primary N) is 1. The van der Waals surface area contributed by atoms with Crippen LogP contribution in [0, 0.1) is 0 Å². The summed E-state index contributed by atoms with van der Waals surface area (Å²) >= 11 is 0. The maximum absolute atomic E-state index is 9.85. The lowest BCUT2D eigenvalue weighted by Gasteiger charge is -2.24. The van der Waals surface area contributed by atoms with Gasteiger partial charge >= 0.3 is 0 Å². The Morgan fingerprint density at radius 1 is 1.05 bits per heavy atom. The molecule has 0 bridgehead atoms. The van der Waals surface area contributed by atoms with Crippen LogP contribution in [0.15, 0.2) is 36.4 Å². The monoisotopic (exact) mass is 273 g/mol. The van der Waals surface area contributed by atoms with Crippen LogP contribution in [0.5, 0.6) is 5.75 Å². The minimum Gasteiger partial charge on any atom is -0.506 e. The first kappa shape index (κ1) is 13.9. The van der Waals surface area contributed by atoms with Crippen molar-refractivity contribution in [2.45, 2.75) is 26.2 Å². The lowest BCUT2D eigenvalue weighted by atomic mass is 9.81. The summed E-state index contributed by atoms with van der Waals surface area (Å²) in [6.45, 7) is 6.39. The normalized spacial score (nSPS) is 11.6. The van der Waals surface area contributed by atoms with Crippen molar-refractivity contribution in [3.05, 3.63) is 42.0 Å². The average Bonchev–Trinajstić information content (AvgIpc) is 2.32. The molecule has 2 aromatic rings. The highest BCUT2D eigenvalue weighted by molar-refractivity contribution is 7.27. The van der Waals surface area contributed by atoms with E-state index < -0.39 is 0 Å². The van der Waals surface area contributed by atoms with Crippen molar-refractivity contribution >= 4 is 20.2 Å². The molecule has 19 heavy (non-hydrogen) atoms. The van der Waals surface area contributed by atoms with Gasteiger partial charge in [-0.3, -0.25) is 0 Å². The standard InChI is InChI=1S/C16H20NOP/c1-16(2,3)13-9-15(18)14(17)8-12(13)10-4-6-11(19)7-5-10/h4-9,18H,17,19H2,1-3H3. The lowest BCUT2D eigenvalue weighted by Crippen LogP contribution is -2.13. The van der Waals surface area contributed by atoms with Crippen molar-refractivity contribution in [1.82, 2.24) is 0 Å². The van der Waals surface area contributed by atoms with E-state index in [9.17, 15) is 5.11 Å². The molecule has 1 atom stereocenters. The molecule has 100 valence electrons. The van der Waals surface area contributed by atoms with Crippen molar-refractivity contribution in [3.8, 4) is 16.9 Å². The highest BCUT2D eigenvalue weighted by atomic mass is 31.0. The number of anilines is 1. The molecule has 0 heterocycles. The van der Waals surface area contributed by atoms with Gasteiger partial charge in [-0.15, -0.1) is 9.24 Å². The average molecular weight is 273 g/mol. The van der Waals surface area contributed by atoms with Crippen molar-refractivity contribution in [3.63, 3.8) is 0 Å². The molecule has 0 saturated carbocycles. The maximum Gasteiger partial charge on any atom is 0.138 e. The smallest absolute Gasteiger partial charge is 0.138 e. The molecule has 3 N–H and O–H groups in total. The van der Waals surface area contributed by atoms with E-state index in [1.165, 1.54) is 0 Å². The molecule has 0 aliphatic carbocycles. The molecule has 0 aliphatic heterocycles. The Morgan fingerprint density at radius 3 is 2.16 bits per heavy atom.